The van der Waals surface area contributed by atoms with Crippen LogP contribution in [-0.2, 0) is 24.0 Å². The van der Waals surface area contributed by atoms with Crippen molar-refractivity contribution in [2.45, 2.75) is 130 Å². The van der Waals surface area contributed by atoms with Crippen molar-refractivity contribution >= 4 is 29.4 Å². The summed E-state index contributed by atoms with van der Waals surface area (Å²) in [6, 6.07) is 0. The van der Waals surface area contributed by atoms with Crippen LogP contribution in [0.25, 0.3) is 0 Å². The van der Waals surface area contributed by atoms with Crippen molar-refractivity contribution in [1.29, 1.82) is 0 Å². The first-order valence-electron chi connectivity index (χ1n) is 15.5. The molecule has 0 heterocycles. The Morgan fingerprint density at radius 1 is 0.571 bits per heavy atom. The molecule has 12 heteroatoms. The largest absolute Gasteiger partial charge is 0.356 e. The van der Waals surface area contributed by atoms with E-state index in [0.29, 0.717) is 48.8 Å². The fourth-order valence-electron chi connectivity index (χ4n) is 4.17. The van der Waals surface area contributed by atoms with E-state index in [1.165, 1.54) is 6.92 Å². The lowest BCUT2D eigenvalue weighted by molar-refractivity contribution is -0.166. The predicted octanol–water partition coefficient (Wildman–Crippen LogP) is 4.63. The van der Waals surface area contributed by atoms with Gasteiger partial charge in [0.15, 0.2) is 0 Å². The van der Waals surface area contributed by atoms with Gasteiger partial charge in [-0.2, -0.15) is 0 Å². The summed E-state index contributed by atoms with van der Waals surface area (Å²) in [5.74, 6) is -1.68. The second-order valence-corrected chi connectivity index (χ2v) is 12.2. The number of hydrogen-bond donors (Lipinski definition) is 4. The second kappa shape index (κ2) is 23.0. The molecule has 0 saturated carbocycles. The molecule has 12 nitrogen and oxygen atoms in total. The Hall–Kier alpha value is -2.57. The zero-order valence-electron chi connectivity index (χ0n) is 26.4. The van der Waals surface area contributed by atoms with Gasteiger partial charge in [-0.1, -0.05) is 46.5 Å². The molecule has 0 rings (SSSR count). The molecular weight excluding hydrogens is 544 g/mol. The number of carbonyl (C=O) groups is 5. The summed E-state index contributed by atoms with van der Waals surface area (Å²) in [4.78, 5) is 58.9. The molecule has 0 aromatic carbocycles. The number of amides is 4. The summed E-state index contributed by atoms with van der Waals surface area (Å²) in [6.45, 7) is 8.93. The third-order valence-corrected chi connectivity index (χ3v) is 6.86. The average molecular weight is 601 g/mol. The fourth-order valence-corrected chi connectivity index (χ4v) is 4.17. The number of carbonyl (C=O) groups excluding carboxylic acids is 5. The molecule has 0 bridgehead atoms. The highest BCUT2D eigenvalue weighted by Gasteiger charge is 2.15. The number of rotatable bonds is 24. The smallest absolute Gasteiger partial charge is 0.246 e. The maximum Gasteiger partial charge on any atom is 0.246 e. The van der Waals surface area contributed by atoms with Crippen molar-refractivity contribution in [2.24, 2.45) is 5.41 Å². The number of hydrogen-bond acceptors (Lipinski definition) is 8. The van der Waals surface area contributed by atoms with Crippen LogP contribution in [0.3, 0.4) is 0 Å². The monoisotopic (exact) mass is 600 g/mol. The van der Waals surface area contributed by atoms with Crippen molar-refractivity contribution in [3.05, 3.63) is 0 Å². The van der Waals surface area contributed by atoms with E-state index in [4.69, 9.17) is 0 Å². The van der Waals surface area contributed by atoms with Gasteiger partial charge in [-0.15, -0.1) is 0 Å². The zero-order chi connectivity index (χ0) is 32.0. The van der Waals surface area contributed by atoms with E-state index in [1.54, 1.807) is 0 Å². The minimum absolute atomic E-state index is 0.00262. The first-order valence-corrected chi connectivity index (χ1v) is 15.5. The van der Waals surface area contributed by atoms with Gasteiger partial charge >= 0.3 is 0 Å². The zero-order valence-corrected chi connectivity index (χ0v) is 26.4. The van der Waals surface area contributed by atoms with Crippen LogP contribution in [-0.4, -0.2) is 86.4 Å². The van der Waals surface area contributed by atoms with Crippen molar-refractivity contribution in [1.82, 2.24) is 20.5 Å². The van der Waals surface area contributed by atoms with E-state index in [2.05, 4.69) is 26.1 Å². The van der Waals surface area contributed by atoms with Crippen LogP contribution in [0, 0.1) is 5.41 Å². The molecule has 42 heavy (non-hydrogen) atoms. The highest BCUT2D eigenvalue weighted by atomic mass is 16.5. The number of Topliss-reactive ketones (excluding diaryl/α,β-unsaturated/α-hetero) is 1. The van der Waals surface area contributed by atoms with Gasteiger partial charge in [-0.3, -0.25) is 39.6 Å². The van der Waals surface area contributed by atoms with E-state index in [0.717, 1.165) is 50.0 Å². The second-order valence-electron chi connectivity index (χ2n) is 12.2. The third-order valence-electron chi connectivity index (χ3n) is 6.86. The van der Waals surface area contributed by atoms with E-state index in [-0.39, 0.29) is 62.4 Å². The van der Waals surface area contributed by atoms with Crippen molar-refractivity contribution in [2.75, 3.05) is 26.2 Å². The summed E-state index contributed by atoms with van der Waals surface area (Å²) in [6.07, 6.45) is 8.85. The molecule has 0 unspecified atom stereocenters. The normalized spacial score (nSPS) is 11.2. The lowest BCUT2D eigenvalue weighted by atomic mass is 9.89. The summed E-state index contributed by atoms with van der Waals surface area (Å²) in [7, 11) is 0. The Morgan fingerprint density at radius 2 is 1.05 bits per heavy atom. The van der Waals surface area contributed by atoms with Gasteiger partial charge in [-0.05, 0) is 50.4 Å². The van der Waals surface area contributed by atoms with Crippen molar-refractivity contribution < 1.29 is 39.6 Å². The number of unbranched alkanes of at least 4 members (excludes halogenated alkanes) is 7. The maximum atomic E-state index is 12.1. The number of ketones is 1. The lowest BCUT2D eigenvalue weighted by Crippen LogP contribution is -2.31. The molecule has 0 fully saturated rings. The first-order chi connectivity index (χ1) is 19.7. The molecule has 0 spiro atoms. The minimum atomic E-state index is -0.528. The Bertz CT molecular complexity index is 816. The number of nitrogens with zero attached hydrogens (tertiary/aromatic N) is 3. The van der Waals surface area contributed by atoms with Crippen molar-refractivity contribution in [3.8, 4) is 0 Å². The van der Waals surface area contributed by atoms with Crippen LogP contribution in [0.5, 0.6) is 0 Å². The van der Waals surface area contributed by atoms with E-state index >= 15 is 0 Å². The lowest BCUT2D eigenvalue weighted by Gasteiger charge is -2.18. The van der Waals surface area contributed by atoms with Crippen LogP contribution in [0.2, 0.25) is 0 Å². The molecule has 0 aromatic rings. The van der Waals surface area contributed by atoms with Gasteiger partial charge in [0.05, 0.1) is 0 Å². The van der Waals surface area contributed by atoms with Crippen LogP contribution >= 0.6 is 0 Å². The Labute approximate surface area is 251 Å². The summed E-state index contributed by atoms with van der Waals surface area (Å²) in [5.41, 5.74) is 0.280. The van der Waals surface area contributed by atoms with Crippen LogP contribution < -0.4 is 5.32 Å². The highest BCUT2D eigenvalue weighted by Crippen LogP contribution is 2.22. The SMILES string of the molecule is CC(=O)N(O)CCCCCNC(=O)CCC(=O)N(O)CCCCCCC(=O)CCC(=O)N(O)CCCCCC(C)(C)C. The molecule has 0 atom stereocenters. The minimum Gasteiger partial charge on any atom is -0.356 e. The predicted molar refractivity (Wildman–Crippen MR) is 158 cm³/mol. The Balaban J connectivity index is 3.78. The average Bonchev–Trinajstić information content (AvgIpc) is 2.92. The van der Waals surface area contributed by atoms with Gasteiger partial charge in [0, 0.05) is 65.2 Å². The van der Waals surface area contributed by atoms with Crippen LogP contribution in [0.15, 0.2) is 0 Å². The molecule has 4 amide bonds. The van der Waals surface area contributed by atoms with Gasteiger partial charge in [-0.25, -0.2) is 15.2 Å². The third kappa shape index (κ3) is 23.0. The van der Waals surface area contributed by atoms with Gasteiger partial charge in [0.25, 0.3) is 0 Å². The molecular formula is C30H56N4O8. The summed E-state index contributed by atoms with van der Waals surface area (Å²) < 4.78 is 0. The topological polar surface area (TPSA) is 168 Å². The molecule has 0 saturated heterocycles. The molecule has 0 radical (unpaired) electrons. The summed E-state index contributed by atoms with van der Waals surface area (Å²) >= 11 is 0. The quantitative estimate of drug-likeness (QED) is 0.0706. The molecule has 0 aliphatic carbocycles. The molecule has 4 N–H and O–H groups in total. The number of nitrogens with one attached hydrogen (secondary N) is 1. The molecule has 0 aliphatic rings. The van der Waals surface area contributed by atoms with Crippen LogP contribution in [0.4, 0.5) is 0 Å². The van der Waals surface area contributed by atoms with Crippen molar-refractivity contribution in [3.63, 3.8) is 0 Å². The number of hydroxylamine groups is 6. The van der Waals surface area contributed by atoms with Gasteiger partial charge in [0.1, 0.15) is 5.78 Å². The summed E-state index contributed by atoms with van der Waals surface area (Å²) in [5, 5.41) is 33.8. The van der Waals surface area contributed by atoms with E-state index in [1.807, 2.05) is 0 Å². The van der Waals surface area contributed by atoms with Gasteiger partial charge in [0.2, 0.25) is 23.6 Å². The van der Waals surface area contributed by atoms with Gasteiger partial charge < -0.3 is 5.32 Å². The molecule has 0 aromatic heterocycles. The molecule has 244 valence electrons. The molecule has 0 aliphatic heterocycles. The fraction of sp³-hybridized carbons (Fsp3) is 0.833. The van der Waals surface area contributed by atoms with Crippen LogP contribution in [0.1, 0.15) is 130 Å². The van der Waals surface area contributed by atoms with E-state index < -0.39 is 17.7 Å². The first kappa shape index (κ1) is 39.4. The highest BCUT2D eigenvalue weighted by molar-refractivity contribution is 5.84. The van der Waals surface area contributed by atoms with E-state index in [9.17, 15) is 39.6 Å². The standard InChI is InChI=1S/C30H56N4O8/c1-25(35)32(40)22-14-8-11-21-31-27(37)17-19-29(39)34(42)23-12-6-5-9-15-26(36)16-18-28(38)33(41)24-13-7-10-20-30(2,3)4/h40-42H,5-24H2,1-4H3,(H,31,37). The Morgan fingerprint density at radius 3 is 1.60 bits per heavy atom. The maximum absolute atomic E-state index is 12.1. The Kier molecular flexibility index (Phi) is 21.6.